The number of hydrogen-bond acceptors (Lipinski definition) is 3. The predicted molar refractivity (Wildman–Crippen MR) is 58.7 cm³/mol. The first-order valence-electron chi connectivity index (χ1n) is 4.14. The molecule has 0 aliphatic rings. The van der Waals surface area contributed by atoms with Gasteiger partial charge in [0.2, 0.25) is 0 Å². The summed E-state index contributed by atoms with van der Waals surface area (Å²) in [6.07, 6.45) is 1.82. The number of fused-ring (bicyclic) bond motifs is 1. The molecule has 0 radical (unpaired) electrons. The Kier molecular flexibility index (Phi) is 2.31. The van der Waals surface area contributed by atoms with Crippen LogP contribution in [0, 0.1) is 0 Å². The lowest BCUT2D eigenvalue weighted by Crippen LogP contribution is -1.77. The molecule has 2 rings (SSSR count). The number of hydrogen-bond donors (Lipinski definition) is 2. The Labute approximate surface area is 86.1 Å². The van der Waals surface area contributed by atoms with Crippen molar-refractivity contribution in [1.82, 2.24) is 4.98 Å². The zero-order valence-corrected chi connectivity index (χ0v) is 8.14. The zero-order valence-electron chi connectivity index (χ0n) is 7.32. The van der Waals surface area contributed by atoms with Gasteiger partial charge >= 0.3 is 0 Å². The van der Waals surface area contributed by atoms with Crippen molar-refractivity contribution >= 4 is 28.3 Å². The molecule has 2 N–H and O–H groups in total. The normalized spacial score (nSPS) is 10.0. The SMILES string of the molecule is Oc1cccc2[nH]cc(CN=C=S)c12. The maximum Gasteiger partial charge on any atom is 0.125 e. The quantitative estimate of drug-likeness (QED) is 0.583. The highest BCUT2D eigenvalue weighted by Gasteiger charge is 2.06. The van der Waals surface area contributed by atoms with E-state index >= 15 is 0 Å². The molecular formula is C10H8N2OS. The molecule has 14 heavy (non-hydrogen) atoms. The highest BCUT2D eigenvalue weighted by atomic mass is 32.1. The van der Waals surface area contributed by atoms with Crippen LogP contribution < -0.4 is 0 Å². The Hall–Kier alpha value is -1.64. The number of aliphatic imine (C=N–C) groups is 1. The van der Waals surface area contributed by atoms with Crippen molar-refractivity contribution in [2.45, 2.75) is 6.54 Å². The minimum Gasteiger partial charge on any atom is -0.507 e. The average molecular weight is 204 g/mol. The van der Waals surface area contributed by atoms with Crippen LogP contribution in [-0.4, -0.2) is 15.3 Å². The molecule has 2 aromatic rings. The lowest BCUT2D eigenvalue weighted by Gasteiger charge is -1.96. The van der Waals surface area contributed by atoms with E-state index in [4.69, 9.17) is 0 Å². The van der Waals surface area contributed by atoms with Crippen molar-refractivity contribution in [2.24, 2.45) is 4.99 Å². The van der Waals surface area contributed by atoms with Crippen molar-refractivity contribution in [3.05, 3.63) is 30.0 Å². The summed E-state index contributed by atoms with van der Waals surface area (Å²) in [7, 11) is 0. The fraction of sp³-hybridized carbons (Fsp3) is 0.100. The Bertz CT molecular complexity index is 512. The molecule has 0 aliphatic heterocycles. The molecule has 0 amide bonds. The summed E-state index contributed by atoms with van der Waals surface area (Å²) >= 11 is 4.49. The van der Waals surface area contributed by atoms with Crippen LogP contribution in [0.4, 0.5) is 0 Å². The topological polar surface area (TPSA) is 48.4 Å². The van der Waals surface area contributed by atoms with E-state index in [1.165, 1.54) is 0 Å². The smallest absolute Gasteiger partial charge is 0.125 e. The molecule has 1 aromatic heterocycles. The van der Waals surface area contributed by atoms with Gasteiger partial charge in [0.15, 0.2) is 0 Å². The Morgan fingerprint density at radius 1 is 1.50 bits per heavy atom. The predicted octanol–water partition coefficient (Wildman–Crippen LogP) is 2.48. The largest absolute Gasteiger partial charge is 0.507 e. The lowest BCUT2D eigenvalue weighted by atomic mass is 10.1. The maximum atomic E-state index is 9.63. The van der Waals surface area contributed by atoms with Gasteiger partial charge < -0.3 is 10.1 Å². The van der Waals surface area contributed by atoms with Crippen LogP contribution in [0.2, 0.25) is 0 Å². The Morgan fingerprint density at radius 2 is 2.36 bits per heavy atom. The molecule has 70 valence electrons. The van der Waals surface area contributed by atoms with Crippen molar-refractivity contribution in [1.29, 1.82) is 0 Å². The summed E-state index contributed by atoms with van der Waals surface area (Å²) in [6.45, 7) is 0.446. The van der Waals surface area contributed by atoms with Crippen LogP contribution in [0.25, 0.3) is 10.9 Å². The minimum absolute atomic E-state index is 0.262. The van der Waals surface area contributed by atoms with Gasteiger partial charge in [-0.25, -0.2) is 4.99 Å². The number of isothiocyanates is 1. The van der Waals surface area contributed by atoms with Crippen LogP contribution in [0.5, 0.6) is 5.75 Å². The number of aromatic amines is 1. The molecule has 3 nitrogen and oxygen atoms in total. The number of nitrogens with zero attached hydrogens (tertiary/aromatic N) is 1. The molecule has 0 fully saturated rings. The number of H-pyrrole nitrogens is 1. The first-order chi connectivity index (χ1) is 6.83. The van der Waals surface area contributed by atoms with E-state index in [1.54, 1.807) is 12.1 Å². The summed E-state index contributed by atoms with van der Waals surface area (Å²) in [5, 5.41) is 12.7. The molecule has 0 aliphatic carbocycles. The summed E-state index contributed by atoms with van der Waals surface area (Å²) in [6, 6.07) is 5.35. The standard InChI is InChI=1S/C10H8N2OS/c13-9-3-1-2-8-10(9)7(5-12-8)4-11-6-14/h1-3,5,12-13H,4H2. The third-order valence-electron chi connectivity index (χ3n) is 2.08. The van der Waals surface area contributed by atoms with Crippen LogP contribution in [0.15, 0.2) is 29.4 Å². The van der Waals surface area contributed by atoms with Gasteiger partial charge in [0.25, 0.3) is 0 Å². The van der Waals surface area contributed by atoms with Crippen LogP contribution >= 0.6 is 12.2 Å². The van der Waals surface area contributed by atoms with Crippen LogP contribution in [0.1, 0.15) is 5.56 Å². The van der Waals surface area contributed by atoms with Gasteiger partial charge in [-0.3, -0.25) is 0 Å². The molecule has 0 bridgehead atoms. The second kappa shape index (κ2) is 3.62. The number of thiocarbonyl (C=S) groups is 1. The summed E-state index contributed by atoms with van der Waals surface area (Å²) in [5.41, 5.74) is 1.83. The fourth-order valence-electron chi connectivity index (χ4n) is 1.48. The highest BCUT2D eigenvalue weighted by Crippen LogP contribution is 2.27. The second-order valence-electron chi connectivity index (χ2n) is 2.92. The van der Waals surface area contributed by atoms with Crippen LogP contribution in [-0.2, 0) is 6.54 Å². The molecule has 0 unspecified atom stereocenters. The molecular weight excluding hydrogens is 196 g/mol. The molecule has 0 saturated heterocycles. The monoisotopic (exact) mass is 204 g/mol. The lowest BCUT2D eigenvalue weighted by molar-refractivity contribution is 0.481. The number of benzene rings is 1. The van der Waals surface area contributed by atoms with Gasteiger partial charge in [-0.15, -0.1) is 0 Å². The first kappa shape index (κ1) is 8.94. The van der Waals surface area contributed by atoms with E-state index in [0.717, 1.165) is 16.5 Å². The molecule has 0 atom stereocenters. The minimum atomic E-state index is 0.262. The van der Waals surface area contributed by atoms with E-state index in [2.05, 4.69) is 27.4 Å². The van der Waals surface area contributed by atoms with Gasteiger partial charge in [0, 0.05) is 22.7 Å². The number of rotatable bonds is 2. The molecule has 4 heteroatoms. The van der Waals surface area contributed by atoms with Gasteiger partial charge in [-0.2, -0.15) is 0 Å². The fourth-order valence-corrected chi connectivity index (χ4v) is 1.54. The number of nitrogens with one attached hydrogen (secondary N) is 1. The number of phenols is 1. The van der Waals surface area contributed by atoms with E-state index in [9.17, 15) is 5.11 Å². The van der Waals surface area contributed by atoms with Gasteiger partial charge in [-0.05, 0) is 24.4 Å². The maximum absolute atomic E-state index is 9.63. The highest BCUT2D eigenvalue weighted by molar-refractivity contribution is 7.78. The van der Waals surface area contributed by atoms with E-state index in [-0.39, 0.29) is 5.75 Å². The molecule has 1 heterocycles. The Morgan fingerprint density at radius 3 is 3.14 bits per heavy atom. The molecule has 1 aromatic carbocycles. The van der Waals surface area contributed by atoms with Crippen molar-refractivity contribution in [3.8, 4) is 5.75 Å². The third-order valence-corrected chi connectivity index (χ3v) is 2.21. The summed E-state index contributed by atoms with van der Waals surface area (Å²) in [5.74, 6) is 0.262. The van der Waals surface area contributed by atoms with Gasteiger partial charge in [0.05, 0.1) is 11.7 Å². The zero-order chi connectivity index (χ0) is 9.97. The van der Waals surface area contributed by atoms with E-state index in [0.29, 0.717) is 6.54 Å². The van der Waals surface area contributed by atoms with Crippen molar-refractivity contribution < 1.29 is 5.11 Å². The summed E-state index contributed by atoms with van der Waals surface area (Å²) in [4.78, 5) is 6.90. The third kappa shape index (κ3) is 1.41. The van der Waals surface area contributed by atoms with E-state index in [1.807, 2.05) is 12.3 Å². The number of aromatic hydroxyl groups is 1. The van der Waals surface area contributed by atoms with Crippen molar-refractivity contribution in [3.63, 3.8) is 0 Å². The van der Waals surface area contributed by atoms with Crippen molar-refractivity contribution in [2.75, 3.05) is 0 Å². The van der Waals surface area contributed by atoms with E-state index < -0.39 is 0 Å². The number of aromatic nitrogens is 1. The first-order valence-corrected chi connectivity index (χ1v) is 4.55. The van der Waals surface area contributed by atoms with Crippen LogP contribution in [0.3, 0.4) is 0 Å². The second-order valence-corrected chi connectivity index (χ2v) is 3.10. The van der Waals surface area contributed by atoms with Gasteiger partial charge in [0.1, 0.15) is 5.75 Å². The molecule has 0 saturated carbocycles. The number of phenolic OH excluding ortho intramolecular Hbond substituents is 1. The molecule has 0 spiro atoms. The average Bonchev–Trinajstić information content (AvgIpc) is 2.59. The Balaban J connectivity index is 2.60. The summed E-state index contributed by atoms with van der Waals surface area (Å²) < 4.78 is 0. The van der Waals surface area contributed by atoms with Gasteiger partial charge in [-0.1, -0.05) is 6.07 Å².